The summed E-state index contributed by atoms with van der Waals surface area (Å²) in [5.74, 6) is 0. The molecule has 0 saturated carbocycles. The molecule has 0 saturated heterocycles. The van der Waals surface area contributed by atoms with E-state index >= 15 is 0 Å². The Morgan fingerprint density at radius 2 is 1.55 bits per heavy atom. The van der Waals surface area contributed by atoms with Gasteiger partial charge in [-0.05, 0) is 29.4 Å². The number of hydrogen-bond donors (Lipinski definition) is 1. The number of carbonyl (C=O) groups excluding carboxylic acids is 2. The molecule has 2 aliphatic rings. The molecule has 1 N–H and O–H groups in total. The van der Waals surface area contributed by atoms with Crippen LogP contribution in [0.5, 0.6) is 0 Å². The number of para-hydroxylation sites is 2. The minimum atomic E-state index is -0.372. The van der Waals surface area contributed by atoms with E-state index in [1.807, 2.05) is 55.5 Å². The van der Waals surface area contributed by atoms with E-state index in [2.05, 4.69) is 34.8 Å². The van der Waals surface area contributed by atoms with Crippen LogP contribution in [0.3, 0.4) is 0 Å². The lowest BCUT2D eigenvalue weighted by Crippen LogP contribution is -2.36. The van der Waals surface area contributed by atoms with Crippen molar-refractivity contribution in [1.29, 1.82) is 0 Å². The summed E-state index contributed by atoms with van der Waals surface area (Å²) in [6.45, 7) is 5.71. The Bertz CT molecular complexity index is 811. The highest BCUT2D eigenvalue weighted by Gasteiger charge is 2.23. The van der Waals surface area contributed by atoms with Crippen LogP contribution in [0.1, 0.15) is 37.8 Å². The topological polar surface area (TPSA) is 67.9 Å². The molecule has 0 aliphatic carbocycles. The summed E-state index contributed by atoms with van der Waals surface area (Å²) < 4.78 is 11.1. The molecule has 0 aromatic heterocycles. The Morgan fingerprint density at radius 3 is 2.24 bits per heavy atom. The van der Waals surface area contributed by atoms with Gasteiger partial charge in [0.2, 0.25) is 0 Å². The maximum Gasteiger partial charge on any atom is 0.414 e. The van der Waals surface area contributed by atoms with Gasteiger partial charge in [0, 0.05) is 17.7 Å². The number of cyclic esters (lactones) is 2. The molecule has 2 aliphatic heterocycles. The van der Waals surface area contributed by atoms with E-state index in [0.29, 0.717) is 13.2 Å². The van der Waals surface area contributed by atoms with Gasteiger partial charge in [0.1, 0.15) is 13.2 Å². The molecule has 2 amide bonds. The molecule has 0 spiro atoms. The first-order chi connectivity index (χ1) is 14.1. The van der Waals surface area contributed by atoms with E-state index < -0.39 is 0 Å². The number of rotatable bonds is 3. The van der Waals surface area contributed by atoms with Gasteiger partial charge < -0.3 is 9.47 Å². The fourth-order valence-electron chi connectivity index (χ4n) is 2.70. The molecule has 0 radical (unpaired) electrons. The maximum atomic E-state index is 11.5. The number of hydrogen-bond acceptors (Lipinski definition) is 4. The highest BCUT2D eigenvalue weighted by Crippen LogP contribution is 2.26. The number of ether oxygens (including phenoxy) is 2. The van der Waals surface area contributed by atoms with Crippen molar-refractivity contribution >= 4 is 46.2 Å². The molecule has 0 fully saturated rings. The summed E-state index contributed by atoms with van der Waals surface area (Å²) in [6, 6.07) is 15.4. The van der Waals surface area contributed by atoms with Crippen LogP contribution in [-0.4, -0.2) is 23.2 Å². The normalized spacial score (nSPS) is 13.8. The van der Waals surface area contributed by atoms with Crippen LogP contribution in [-0.2, 0) is 22.7 Å². The van der Waals surface area contributed by atoms with Crippen LogP contribution in [0.2, 0.25) is 0 Å². The zero-order valence-corrected chi connectivity index (χ0v) is 19.0. The van der Waals surface area contributed by atoms with E-state index in [1.165, 1.54) is 10.8 Å². The van der Waals surface area contributed by atoms with Gasteiger partial charge in [-0.3, -0.25) is 10.2 Å². The lowest BCUT2D eigenvalue weighted by molar-refractivity contribution is 0.141. The van der Waals surface area contributed by atoms with E-state index in [0.717, 1.165) is 35.5 Å². The summed E-state index contributed by atoms with van der Waals surface area (Å²) >= 11 is 2.35. The van der Waals surface area contributed by atoms with Gasteiger partial charge in [0.15, 0.2) is 0 Å². The molecule has 29 heavy (non-hydrogen) atoms. The van der Waals surface area contributed by atoms with Crippen molar-refractivity contribution in [2.45, 2.75) is 39.9 Å². The second-order valence-corrected chi connectivity index (χ2v) is 7.46. The number of anilines is 2. The average molecular weight is 510 g/mol. The van der Waals surface area contributed by atoms with Gasteiger partial charge in [0.25, 0.3) is 0 Å². The quantitative estimate of drug-likeness (QED) is 0.398. The maximum absolute atomic E-state index is 11.5. The van der Waals surface area contributed by atoms with Crippen LogP contribution >= 0.6 is 22.6 Å². The molecule has 7 heteroatoms. The molecule has 0 atom stereocenters. The van der Waals surface area contributed by atoms with Gasteiger partial charge in [-0.25, -0.2) is 9.59 Å². The number of nitrogens with one attached hydrogen (secondary N) is 1. The summed E-state index contributed by atoms with van der Waals surface area (Å²) in [5.41, 5.74) is 3.95. The van der Waals surface area contributed by atoms with Crippen molar-refractivity contribution in [2.75, 3.05) is 21.2 Å². The number of carbonyl (C=O) groups is 2. The fraction of sp³-hybridized carbons (Fsp3) is 0.364. The molecule has 156 valence electrons. The predicted molar refractivity (Wildman–Crippen MR) is 124 cm³/mol. The van der Waals surface area contributed by atoms with E-state index in [-0.39, 0.29) is 12.2 Å². The first-order valence-electron chi connectivity index (χ1n) is 9.70. The molecule has 2 aromatic rings. The second kappa shape index (κ2) is 12.3. The third-order valence-corrected chi connectivity index (χ3v) is 5.18. The third-order valence-electron chi connectivity index (χ3n) is 4.10. The minimum absolute atomic E-state index is 0.231. The van der Waals surface area contributed by atoms with Crippen molar-refractivity contribution in [3.8, 4) is 0 Å². The number of nitrogens with zero attached hydrogens (tertiary/aromatic N) is 1. The Morgan fingerprint density at radius 1 is 0.931 bits per heavy atom. The fourth-order valence-corrected chi connectivity index (χ4v) is 2.70. The van der Waals surface area contributed by atoms with Crippen LogP contribution in [0.15, 0.2) is 48.5 Å². The van der Waals surface area contributed by atoms with Gasteiger partial charge in [-0.15, -0.1) is 0 Å². The molecule has 4 rings (SSSR count). The van der Waals surface area contributed by atoms with Crippen LogP contribution < -0.4 is 10.2 Å². The lowest BCUT2D eigenvalue weighted by Gasteiger charge is -2.28. The van der Waals surface area contributed by atoms with Crippen LogP contribution in [0, 0.1) is 0 Å². The molecule has 6 nitrogen and oxygen atoms in total. The monoisotopic (exact) mass is 510 g/mol. The third kappa shape index (κ3) is 6.92. The van der Waals surface area contributed by atoms with Crippen molar-refractivity contribution in [3.05, 3.63) is 59.7 Å². The lowest BCUT2D eigenvalue weighted by atomic mass is 10.1. The largest absolute Gasteiger partial charge is 0.444 e. The van der Waals surface area contributed by atoms with Crippen molar-refractivity contribution in [1.82, 2.24) is 0 Å². The number of alkyl halides is 1. The molecule has 2 aromatic carbocycles. The Labute approximate surface area is 185 Å². The van der Waals surface area contributed by atoms with Gasteiger partial charge in [0.05, 0.1) is 11.4 Å². The SMILES string of the molecule is CCCI.CCCN1C(=O)OCc2ccccc21.O=C1Nc2ccccc2CO1. The number of benzene rings is 2. The van der Waals surface area contributed by atoms with Gasteiger partial charge >= 0.3 is 12.2 Å². The number of halogens is 1. The first kappa shape index (κ1) is 23.0. The highest BCUT2D eigenvalue weighted by molar-refractivity contribution is 14.1. The zero-order valence-electron chi connectivity index (χ0n) is 16.8. The van der Waals surface area contributed by atoms with Crippen molar-refractivity contribution in [2.24, 2.45) is 0 Å². The molecule has 2 heterocycles. The van der Waals surface area contributed by atoms with E-state index in [1.54, 1.807) is 4.90 Å². The first-order valence-corrected chi connectivity index (χ1v) is 11.2. The van der Waals surface area contributed by atoms with Crippen LogP contribution in [0.25, 0.3) is 0 Å². The van der Waals surface area contributed by atoms with Gasteiger partial charge in [-0.2, -0.15) is 0 Å². The second-order valence-electron chi connectivity index (χ2n) is 6.38. The summed E-state index contributed by atoms with van der Waals surface area (Å²) in [6.07, 6.45) is 1.64. The molecular weight excluding hydrogens is 483 g/mol. The zero-order chi connectivity index (χ0) is 21.1. The predicted octanol–water partition coefficient (Wildman–Crippen LogP) is 6.13. The van der Waals surface area contributed by atoms with E-state index in [4.69, 9.17) is 9.47 Å². The van der Waals surface area contributed by atoms with Crippen LogP contribution in [0.4, 0.5) is 21.0 Å². The van der Waals surface area contributed by atoms with Crippen molar-refractivity contribution in [3.63, 3.8) is 0 Å². The number of fused-ring (bicyclic) bond motifs is 2. The summed E-state index contributed by atoms with van der Waals surface area (Å²) in [5, 5.41) is 2.60. The minimum Gasteiger partial charge on any atom is -0.444 e. The average Bonchev–Trinajstić information content (AvgIpc) is 2.76. The highest BCUT2D eigenvalue weighted by atomic mass is 127. The standard InChI is InChI=1S/C11H13NO2.C8H7NO2.C3H7I/c1-2-7-12-10-6-4-3-5-9(10)8-14-11(12)13;10-8-9-7-4-2-1-3-6(7)5-11-8;1-2-3-4/h3-6H,2,7-8H2,1H3;1-4H,5H2,(H,9,10);2-3H2,1H3. The molecular formula is C22H27IN2O4. The Kier molecular flexibility index (Phi) is 9.76. The molecule has 0 bridgehead atoms. The summed E-state index contributed by atoms with van der Waals surface area (Å²) in [4.78, 5) is 23.8. The van der Waals surface area contributed by atoms with Gasteiger partial charge in [-0.1, -0.05) is 72.8 Å². The number of amides is 2. The van der Waals surface area contributed by atoms with Crippen molar-refractivity contribution < 1.29 is 19.1 Å². The van der Waals surface area contributed by atoms with E-state index in [9.17, 15) is 9.59 Å². The Hall–Kier alpha value is -2.29. The molecule has 0 unspecified atom stereocenters. The Balaban J connectivity index is 0.000000179. The summed E-state index contributed by atoms with van der Waals surface area (Å²) in [7, 11) is 0. The smallest absolute Gasteiger partial charge is 0.414 e.